The van der Waals surface area contributed by atoms with Crippen molar-refractivity contribution < 1.29 is 9.18 Å². The highest BCUT2D eigenvalue weighted by Gasteiger charge is 2.14. The molecule has 19 heavy (non-hydrogen) atoms. The van der Waals surface area contributed by atoms with Gasteiger partial charge in [0.1, 0.15) is 5.82 Å². The number of ketones is 1. The summed E-state index contributed by atoms with van der Waals surface area (Å²) >= 11 is 0. The average molecular weight is 256 g/mol. The predicted octanol–water partition coefficient (Wildman–Crippen LogP) is 4.18. The number of hydrogen-bond acceptors (Lipinski definition) is 1. The third-order valence-electron chi connectivity index (χ3n) is 3.35. The number of Topliss-reactive ketones (excluding diaryl/α,β-unsaturated/α-hetero) is 1. The number of benzene rings is 2. The van der Waals surface area contributed by atoms with E-state index < -0.39 is 5.82 Å². The van der Waals surface area contributed by atoms with E-state index >= 15 is 0 Å². The van der Waals surface area contributed by atoms with E-state index in [1.54, 1.807) is 25.1 Å². The molecular weight excluding hydrogens is 239 g/mol. The van der Waals surface area contributed by atoms with E-state index in [1.807, 2.05) is 32.0 Å². The second-order valence-corrected chi connectivity index (χ2v) is 4.97. The van der Waals surface area contributed by atoms with Crippen molar-refractivity contribution in [1.29, 1.82) is 0 Å². The van der Waals surface area contributed by atoms with Crippen LogP contribution in [0.4, 0.5) is 4.39 Å². The molecule has 0 aromatic heterocycles. The summed E-state index contributed by atoms with van der Waals surface area (Å²) in [5.74, 6) is -0.576. The number of halogens is 1. The smallest absolute Gasteiger partial charge is 0.170 e. The number of carbonyl (C=O) groups is 1. The normalized spacial score (nSPS) is 10.5. The Kier molecular flexibility index (Phi) is 3.79. The number of aryl methyl sites for hydroxylation is 3. The van der Waals surface area contributed by atoms with Crippen LogP contribution in [0.15, 0.2) is 36.4 Å². The quantitative estimate of drug-likeness (QED) is 0.753. The monoisotopic (exact) mass is 256 g/mol. The Labute approximate surface area is 113 Å². The van der Waals surface area contributed by atoms with E-state index in [4.69, 9.17) is 0 Å². The molecule has 0 spiro atoms. The van der Waals surface area contributed by atoms with Gasteiger partial charge in [0.25, 0.3) is 0 Å². The van der Waals surface area contributed by atoms with E-state index in [-0.39, 0.29) is 17.8 Å². The largest absolute Gasteiger partial charge is 0.294 e. The zero-order valence-corrected chi connectivity index (χ0v) is 11.5. The van der Waals surface area contributed by atoms with Crippen LogP contribution < -0.4 is 0 Å². The lowest BCUT2D eigenvalue weighted by Gasteiger charge is -2.08. The summed E-state index contributed by atoms with van der Waals surface area (Å²) < 4.78 is 13.9. The van der Waals surface area contributed by atoms with Crippen LogP contribution in [0.25, 0.3) is 0 Å². The second kappa shape index (κ2) is 5.35. The van der Waals surface area contributed by atoms with Crippen LogP contribution in [0.5, 0.6) is 0 Å². The molecule has 0 saturated heterocycles. The summed E-state index contributed by atoms with van der Waals surface area (Å²) in [4.78, 5) is 12.2. The molecule has 0 atom stereocenters. The molecular formula is C17H17FO. The minimum atomic E-state index is -0.405. The van der Waals surface area contributed by atoms with Crippen molar-refractivity contribution in [2.75, 3.05) is 0 Å². The summed E-state index contributed by atoms with van der Waals surface area (Å²) in [6.45, 7) is 5.62. The Morgan fingerprint density at radius 3 is 2.53 bits per heavy atom. The highest BCUT2D eigenvalue weighted by molar-refractivity contribution is 5.98. The van der Waals surface area contributed by atoms with E-state index in [9.17, 15) is 9.18 Å². The molecule has 0 amide bonds. The average Bonchev–Trinajstić information content (AvgIpc) is 2.37. The number of hydrogen-bond donors (Lipinski definition) is 0. The van der Waals surface area contributed by atoms with E-state index in [2.05, 4.69) is 0 Å². The van der Waals surface area contributed by atoms with Gasteiger partial charge in [-0.25, -0.2) is 4.39 Å². The van der Waals surface area contributed by atoms with Crippen LogP contribution >= 0.6 is 0 Å². The molecule has 1 nitrogen and oxygen atoms in total. The van der Waals surface area contributed by atoms with Gasteiger partial charge in [-0.2, -0.15) is 0 Å². The van der Waals surface area contributed by atoms with Gasteiger partial charge in [0.15, 0.2) is 5.78 Å². The first kappa shape index (κ1) is 13.5. The van der Waals surface area contributed by atoms with Crippen LogP contribution in [0.1, 0.15) is 32.6 Å². The molecule has 98 valence electrons. The molecule has 0 radical (unpaired) electrons. The van der Waals surface area contributed by atoms with Crippen molar-refractivity contribution >= 4 is 5.78 Å². The molecule has 0 bridgehead atoms. The molecule has 2 aromatic rings. The van der Waals surface area contributed by atoms with Crippen molar-refractivity contribution in [2.24, 2.45) is 0 Å². The fourth-order valence-corrected chi connectivity index (χ4v) is 2.12. The third kappa shape index (κ3) is 2.90. The van der Waals surface area contributed by atoms with Crippen LogP contribution in [-0.2, 0) is 6.42 Å². The second-order valence-electron chi connectivity index (χ2n) is 4.97. The van der Waals surface area contributed by atoms with Gasteiger partial charge in [-0.3, -0.25) is 4.79 Å². The zero-order valence-electron chi connectivity index (χ0n) is 11.5. The molecule has 0 aliphatic rings. The highest BCUT2D eigenvalue weighted by atomic mass is 19.1. The van der Waals surface area contributed by atoms with Gasteiger partial charge in [0.2, 0.25) is 0 Å². The Morgan fingerprint density at radius 2 is 1.79 bits per heavy atom. The van der Waals surface area contributed by atoms with Gasteiger partial charge in [-0.1, -0.05) is 35.9 Å². The molecule has 0 aliphatic heterocycles. The highest BCUT2D eigenvalue weighted by Crippen LogP contribution is 2.17. The van der Waals surface area contributed by atoms with E-state index in [1.165, 1.54) is 0 Å². The summed E-state index contributed by atoms with van der Waals surface area (Å²) in [7, 11) is 0. The van der Waals surface area contributed by atoms with Crippen molar-refractivity contribution in [2.45, 2.75) is 27.2 Å². The maximum atomic E-state index is 13.9. The van der Waals surface area contributed by atoms with Crippen LogP contribution in [-0.4, -0.2) is 5.78 Å². The van der Waals surface area contributed by atoms with Crippen LogP contribution in [0, 0.1) is 26.6 Å². The summed E-state index contributed by atoms with van der Waals surface area (Å²) in [5, 5.41) is 0. The van der Waals surface area contributed by atoms with Gasteiger partial charge < -0.3 is 0 Å². The summed E-state index contributed by atoms with van der Waals surface area (Å²) in [5.41, 5.74) is 3.82. The SMILES string of the molecule is Cc1ccc(C)c(CC(=O)c2cccc(C)c2F)c1. The van der Waals surface area contributed by atoms with E-state index in [0.29, 0.717) is 5.56 Å². The lowest BCUT2D eigenvalue weighted by Crippen LogP contribution is -2.08. The standard InChI is InChI=1S/C17H17FO/c1-11-7-8-12(2)14(9-11)10-16(19)15-6-4-5-13(3)17(15)18/h4-9H,10H2,1-3H3. The zero-order chi connectivity index (χ0) is 14.0. The molecule has 0 N–H and O–H groups in total. The molecule has 0 aliphatic carbocycles. The Balaban J connectivity index is 2.31. The fraction of sp³-hybridized carbons (Fsp3) is 0.235. The molecule has 0 fully saturated rings. The first-order valence-electron chi connectivity index (χ1n) is 6.33. The first-order chi connectivity index (χ1) is 8.99. The van der Waals surface area contributed by atoms with Crippen molar-refractivity contribution in [3.05, 3.63) is 70.0 Å². The molecule has 0 saturated carbocycles. The number of rotatable bonds is 3. The topological polar surface area (TPSA) is 17.1 Å². The maximum absolute atomic E-state index is 13.9. The minimum absolute atomic E-state index is 0.171. The Hall–Kier alpha value is -1.96. The van der Waals surface area contributed by atoms with Gasteiger partial charge >= 0.3 is 0 Å². The molecule has 0 heterocycles. The van der Waals surface area contributed by atoms with Crippen molar-refractivity contribution in [1.82, 2.24) is 0 Å². The lowest BCUT2D eigenvalue weighted by molar-refractivity contribution is 0.0988. The van der Waals surface area contributed by atoms with Gasteiger partial charge in [-0.15, -0.1) is 0 Å². The molecule has 0 unspecified atom stereocenters. The molecule has 2 heteroatoms. The number of carbonyl (C=O) groups excluding carboxylic acids is 1. The van der Waals surface area contributed by atoms with Crippen molar-refractivity contribution in [3.8, 4) is 0 Å². The first-order valence-corrected chi connectivity index (χ1v) is 6.33. The lowest BCUT2D eigenvalue weighted by atomic mass is 9.97. The fourth-order valence-electron chi connectivity index (χ4n) is 2.12. The van der Waals surface area contributed by atoms with Crippen LogP contribution in [0.2, 0.25) is 0 Å². The van der Waals surface area contributed by atoms with Gasteiger partial charge in [-0.05, 0) is 43.5 Å². The van der Waals surface area contributed by atoms with Gasteiger partial charge in [0, 0.05) is 6.42 Å². The van der Waals surface area contributed by atoms with Gasteiger partial charge in [0.05, 0.1) is 5.56 Å². The molecule has 2 aromatic carbocycles. The van der Waals surface area contributed by atoms with Crippen LogP contribution in [0.3, 0.4) is 0 Å². The minimum Gasteiger partial charge on any atom is -0.294 e. The summed E-state index contributed by atoms with van der Waals surface area (Å²) in [6, 6.07) is 10.9. The third-order valence-corrected chi connectivity index (χ3v) is 3.35. The Morgan fingerprint density at radius 1 is 1.05 bits per heavy atom. The van der Waals surface area contributed by atoms with E-state index in [0.717, 1.165) is 16.7 Å². The Bertz CT molecular complexity index is 629. The predicted molar refractivity (Wildman–Crippen MR) is 75.1 cm³/mol. The maximum Gasteiger partial charge on any atom is 0.170 e. The molecule has 2 rings (SSSR count). The summed E-state index contributed by atoms with van der Waals surface area (Å²) in [6.07, 6.45) is 0.244. The van der Waals surface area contributed by atoms with Crippen molar-refractivity contribution in [3.63, 3.8) is 0 Å².